The third-order valence-electron chi connectivity index (χ3n) is 2.08. The number of halogens is 1. The van der Waals surface area contributed by atoms with E-state index in [9.17, 15) is 4.79 Å². The van der Waals surface area contributed by atoms with Gasteiger partial charge in [0.2, 0.25) is 5.91 Å². The summed E-state index contributed by atoms with van der Waals surface area (Å²) in [5, 5.41) is 3.19. The maximum atomic E-state index is 11.3. The molecule has 1 atom stereocenters. The number of nitrogens with one attached hydrogen (secondary N) is 1. The minimum Gasteiger partial charge on any atom is -0.348 e. The molecular formula is C10H15BrN2OS. The Kier molecular flexibility index (Phi) is 4.76. The number of nitrogens with zero attached hydrogens (tertiary/aromatic N) is 1. The maximum Gasteiger partial charge on any atom is 0.236 e. The van der Waals surface area contributed by atoms with E-state index in [-0.39, 0.29) is 11.9 Å². The lowest BCUT2D eigenvalue weighted by Crippen LogP contribution is -2.34. The number of rotatable bonds is 4. The van der Waals surface area contributed by atoms with E-state index in [1.807, 2.05) is 6.07 Å². The van der Waals surface area contributed by atoms with Crippen molar-refractivity contribution >= 4 is 33.2 Å². The van der Waals surface area contributed by atoms with Crippen LogP contribution < -0.4 is 5.32 Å². The zero-order valence-electron chi connectivity index (χ0n) is 9.08. The summed E-state index contributed by atoms with van der Waals surface area (Å²) in [5.74, 6) is 0.0949. The Morgan fingerprint density at radius 2 is 2.27 bits per heavy atom. The average Bonchev–Trinajstić information content (AvgIpc) is 2.60. The molecule has 1 rings (SSSR count). The van der Waals surface area contributed by atoms with Crippen molar-refractivity contribution in [3.63, 3.8) is 0 Å². The molecule has 0 spiro atoms. The zero-order valence-corrected chi connectivity index (χ0v) is 11.5. The van der Waals surface area contributed by atoms with Crippen LogP contribution >= 0.6 is 27.3 Å². The Hall–Kier alpha value is -0.390. The van der Waals surface area contributed by atoms with Crippen LogP contribution in [-0.4, -0.2) is 31.4 Å². The van der Waals surface area contributed by atoms with E-state index in [0.29, 0.717) is 6.54 Å². The zero-order chi connectivity index (χ0) is 11.4. The Morgan fingerprint density at radius 3 is 2.73 bits per heavy atom. The Labute approximate surface area is 103 Å². The van der Waals surface area contributed by atoms with Crippen LogP contribution in [0.2, 0.25) is 0 Å². The van der Waals surface area contributed by atoms with Crippen LogP contribution in [0.5, 0.6) is 0 Å². The molecule has 0 fully saturated rings. The second kappa shape index (κ2) is 5.63. The van der Waals surface area contributed by atoms with Gasteiger partial charge in [-0.15, -0.1) is 11.3 Å². The molecule has 15 heavy (non-hydrogen) atoms. The second-order valence-corrected chi connectivity index (χ2v) is 6.03. The van der Waals surface area contributed by atoms with Crippen molar-refractivity contribution in [3.8, 4) is 0 Å². The first-order valence-electron chi connectivity index (χ1n) is 4.69. The molecule has 0 radical (unpaired) electrons. The van der Waals surface area contributed by atoms with Crippen molar-refractivity contribution in [2.45, 2.75) is 13.0 Å². The van der Waals surface area contributed by atoms with Crippen LogP contribution in [0.15, 0.2) is 15.9 Å². The number of carbonyl (C=O) groups is 1. The van der Waals surface area contributed by atoms with Crippen molar-refractivity contribution < 1.29 is 4.79 Å². The molecule has 0 aliphatic carbocycles. The van der Waals surface area contributed by atoms with E-state index < -0.39 is 0 Å². The predicted molar refractivity (Wildman–Crippen MR) is 67.1 cm³/mol. The van der Waals surface area contributed by atoms with E-state index in [1.54, 1.807) is 30.3 Å². The summed E-state index contributed by atoms with van der Waals surface area (Å²) in [5.41, 5.74) is 0. The van der Waals surface area contributed by atoms with E-state index in [4.69, 9.17) is 0 Å². The van der Waals surface area contributed by atoms with Crippen molar-refractivity contribution in [3.05, 3.63) is 20.8 Å². The molecule has 1 amide bonds. The number of carbonyl (C=O) groups excluding carboxylic acids is 1. The van der Waals surface area contributed by atoms with Crippen molar-refractivity contribution in [2.75, 3.05) is 20.6 Å². The Bertz CT molecular complexity index is 338. The van der Waals surface area contributed by atoms with E-state index >= 15 is 0 Å². The summed E-state index contributed by atoms with van der Waals surface area (Å²) in [6, 6.07) is 4.29. The predicted octanol–water partition coefficient (Wildman–Crippen LogP) is 2.25. The second-order valence-electron chi connectivity index (χ2n) is 3.53. The normalized spacial score (nSPS) is 12.5. The summed E-state index contributed by atoms with van der Waals surface area (Å²) >= 11 is 5.10. The summed E-state index contributed by atoms with van der Waals surface area (Å²) in [7, 11) is 3.52. The number of likely N-dealkylation sites (N-methyl/N-ethyl adjacent to an activating group) is 1. The minimum absolute atomic E-state index is 0.0949. The van der Waals surface area contributed by atoms with Gasteiger partial charge in [0.25, 0.3) is 0 Å². The van der Waals surface area contributed by atoms with Crippen LogP contribution in [0.4, 0.5) is 0 Å². The third-order valence-corrected chi connectivity index (χ3v) is 3.89. The molecule has 3 nitrogen and oxygen atoms in total. The maximum absolute atomic E-state index is 11.3. The molecule has 1 aromatic heterocycles. The van der Waals surface area contributed by atoms with Crippen LogP contribution in [0.1, 0.15) is 17.8 Å². The van der Waals surface area contributed by atoms with Gasteiger partial charge in [-0.05, 0) is 35.0 Å². The molecule has 84 valence electrons. The van der Waals surface area contributed by atoms with Crippen molar-refractivity contribution in [1.29, 1.82) is 0 Å². The Balaban J connectivity index is 2.43. The van der Waals surface area contributed by atoms with Crippen LogP contribution in [0.25, 0.3) is 0 Å². The van der Waals surface area contributed by atoms with Gasteiger partial charge in [0.05, 0.1) is 10.3 Å². The highest BCUT2D eigenvalue weighted by Crippen LogP contribution is 2.26. The van der Waals surface area contributed by atoms with Gasteiger partial charge in [-0.25, -0.2) is 0 Å². The molecule has 1 N–H and O–H groups in total. The van der Waals surface area contributed by atoms with E-state index in [2.05, 4.69) is 34.2 Å². The van der Waals surface area contributed by atoms with Gasteiger partial charge >= 0.3 is 0 Å². The molecule has 0 saturated carbocycles. The summed E-state index contributed by atoms with van der Waals surface area (Å²) < 4.78 is 1.12. The van der Waals surface area contributed by atoms with Gasteiger partial charge < -0.3 is 10.2 Å². The van der Waals surface area contributed by atoms with Crippen molar-refractivity contribution in [1.82, 2.24) is 10.2 Å². The summed E-state index contributed by atoms with van der Waals surface area (Å²) in [4.78, 5) is 14.2. The largest absolute Gasteiger partial charge is 0.348 e. The molecule has 0 unspecified atom stereocenters. The van der Waals surface area contributed by atoms with Crippen molar-refractivity contribution in [2.24, 2.45) is 0 Å². The lowest BCUT2D eigenvalue weighted by Gasteiger charge is -2.14. The lowest BCUT2D eigenvalue weighted by molar-refractivity contribution is -0.127. The van der Waals surface area contributed by atoms with Gasteiger partial charge in [0, 0.05) is 25.0 Å². The van der Waals surface area contributed by atoms with Crippen LogP contribution in [0, 0.1) is 0 Å². The first kappa shape index (κ1) is 12.7. The molecule has 0 aromatic carbocycles. The molecule has 0 aliphatic rings. The summed E-state index contributed by atoms with van der Waals surface area (Å²) in [6.07, 6.45) is 0. The number of hydrogen-bond acceptors (Lipinski definition) is 3. The van der Waals surface area contributed by atoms with Crippen LogP contribution in [-0.2, 0) is 4.79 Å². The van der Waals surface area contributed by atoms with Gasteiger partial charge in [0.15, 0.2) is 0 Å². The molecule has 0 bridgehead atoms. The molecule has 0 aliphatic heterocycles. The molecule has 0 saturated heterocycles. The van der Waals surface area contributed by atoms with E-state index in [0.717, 1.165) is 3.79 Å². The smallest absolute Gasteiger partial charge is 0.236 e. The molecule has 1 heterocycles. The number of hydrogen-bond donors (Lipinski definition) is 1. The van der Waals surface area contributed by atoms with Gasteiger partial charge in [-0.3, -0.25) is 4.79 Å². The first-order chi connectivity index (χ1) is 7.00. The number of thiophene rings is 1. The highest BCUT2D eigenvalue weighted by atomic mass is 79.9. The number of amides is 1. The van der Waals surface area contributed by atoms with Crippen LogP contribution in [0.3, 0.4) is 0 Å². The van der Waals surface area contributed by atoms with Gasteiger partial charge in [-0.2, -0.15) is 0 Å². The SMILES string of the molecule is C[C@H](NCC(=O)N(C)C)c1ccc(Br)s1. The molecule has 1 aromatic rings. The monoisotopic (exact) mass is 290 g/mol. The van der Waals surface area contributed by atoms with E-state index in [1.165, 1.54) is 4.88 Å². The van der Waals surface area contributed by atoms with Gasteiger partial charge in [0.1, 0.15) is 0 Å². The van der Waals surface area contributed by atoms with Gasteiger partial charge in [-0.1, -0.05) is 0 Å². The minimum atomic E-state index is 0.0949. The quantitative estimate of drug-likeness (QED) is 0.923. The third kappa shape index (κ3) is 3.93. The first-order valence-corrected chi connectivity index (χ1v) is 6.30. The molecule has 5 heteroatoms. The lowest BCUT2D eigenvalue weighted by atomic mass is 10.3. The fourth-order valence-electron chi connectivity index (χ4n) is 1.06. The molecular weight excluding hydrogens is 276 g/mol. The fourth-order valence-corrected chi connectivity index (χ4v) is 2.51. The fraction of sp³-hybridized carbons (Fsp3) is 0.500. The highest BCUT2D eigenvalue weighted by molar-refractivity contribution is 9.11. The highest BCUT2D eigenvalue weighted by Gasteiger charge is 2.10. The average molecular weight is 291 g/mol. The summed E-state index contributed by atoms with van der Waals surface area (Å²) in [6.45, 7) is 2.44. The standard InChI is InChI=1S/C10H15BrN2OS/c1-7(8-4-5-9(11)15-8)12-6-10(14)13(2)3/h4-5,7,12H,6H2,1-3H3/t7-/m0/s1. The Morgan fingerprint density at radius 1 is 1.60 bits per heavy atom. The topological polar surface area (TPSA) is 32.3 Å².